The number of thiazole rings is 1. The fraction of sp³-hybridized carbons (Fsp3) is 0.308. The number of nitrogens with one attached hydrogen (secondary N) is 3. The van der Waals surface area contributed by atoms with Crippen LogP contribution in [-0.2, 0) is 16.8 Å². The van der Waals surface area contributed by atoms with E-state index in [0.29, 0.717) is 21.7 Å². The normalized spacial score (nSPS) is 14.6. The molecule has 0 bridgehead atoms. The van der Waals surface area contributed by atoms with Crippen molar-refractivity contribution in [3.8, 4) is 0 Å². The highest BCUT2D eigenvalue weighted by molar-refractivity contribution is 7.20. The Labute approximate surface area is 212 Å². The molecule has 9 nitrogen and oxygen atoms in total. The zero-order chi connectivity index (χ0) is 25.1. The quantitative estimate of drug-likeness (QED) is 0.353. The molecule has 0 atom stereocenters. The van der Waals surface area contributed by atoms with Crippen LogP contribution in [0.4, 0.5) is 5.82 Å². The Morgan fingerprint density at radius 2 is 1.78 bits per heavy atom. The van der Waals surface area contributed by atoms with E-state index in [1.54, 1.807) is 0 Å². The van der Waals surface area contributed by atoms with Gasteiger partial charge in [0.25, 0.3) is 11.8 Å². The molecule has 3 heterocycles. The number of amides is 2. The van der Waals surface area contributed by atoms with E-state index in [0.717, 1.165) is 44.0 Å². The highest BCUT2D eigenvalue weighted by Gasteiger charge is 2.26. The molecule has 4 aromatic rings. The van der Waals surface area contributed by atoms with Crippen LogP contribution in [-0.4, -0.2) is 58.2 Å². The molecule has 1 fully saturated rings. The zero-order valence-electron chi connectivity index (χ0n) is 20.2. The average Bonchev–Trinajstić information content (AvgIpc) is 3.47. The molecule has 5 rings (SSSR count). The first kappa shape index (κ1) is 24.1. The molecule has 1 aliphatic rings. The van der Waals surface area contributed by atoms with Gasteiger partial charge in [0.15, 0.2) is 15.7 Å². The largest absolute Gasteiger partial charge is 0.379 e. The van der Waals surface area contributed by atoms with Gasteiger partial charge in [0.05, 0.1) is 18.8 Å². The molecule has 1 saturated heterocycles. The maximum absolute atomic E-state index is 12.9. The Morgan fingerprint density at radius 3 is 2.50 bits per heavy atom. The molecule has 0 aliphatic carbocycles. The number of ether oxygens (including phenoxy) is 1. The molecule has 0 radical (unpaired) electrons. The number of anilines is 1. The summed E-state index contributed by atoms with van der Waals surface area (Å²) in [6.07, 6.45) is 0. The number of H-pyrrole nitrogens is 1. The lowest BCUT2D eigenvalue weighted by atomic mass is 9.94. The predicted octanol–water partition coefficient (Wildman–Crippen LogP) is 3.77. The number of nitrogens with zero attached hydrogens (tertiary/aromatic N) is 3. The van der Waals surface area contributed by atoms with E-state index in [4.69, 9.17) is 4.74 Å². The van der Waals surface area contributed by atoms with Crippen molar-refractivity contribution >= 4 is 39.3 Å². The molecular weight excluding hydrogens is 476 g/mol. The van der Waals surface area contributed by atoms with Gasteiger partial charge in [0, 0.05) is 25.2 Å². The van der Waals surface area contributed by atoms with Crippen LogP contribution in [0.5, 0.6) is 0 Å². The number of hydrogen-bond donors (Lipinski definition) is 3. The summed E-state index contributed by atoms with van der Waals surface area (Å²) in [6.45, 7) is 8.05. The lowest BCUT2D eigenvalue weighted by molar-refractivity contribution is 0.0342. The van der Waals surface area contributed by atoms with Gasteiger partial charge in [0.1, 0.15) is 5.52 Å². The van der Waals surface area contributed by atoms with Crippen molar-refractivity contribution < 1.29 is 14.3 Å². The monoisotopic (exact) mass is 504 g/mol. The number of carbonyl (C=O) groups excluding carboxylic acids is 2. The predicted molar refractivity (Wildman–Crippen MR) is 139 cm³/mol. The van der Waals surface area contributed by atoms with Crippen molar-refractivity contribution in [1.29, 1.82) is 0 Å². The van der Waals surface area contributed by atoms with E-state index >= 15 is 0 Å². The highest BCUT2D eigenvalue weighted by atomic mass is 32.1. The second kappa shape index (κ2) is 10.2. The number of benzene rings is 2. The molecule has 2 aromatic carbocycles. The summed E-state index contributed by atoms with van der Waals surface area (Å²) >= 11 is 1.17. The molecule has 0 unspecified atom stereocenters. The average molecular weight is 505 g/mol. The lowest BCUT2D eigenvalue weighted by Gasteiger charge is -2.26. The standard InChI is InChI=1S/C26H28N6O3S/c1-26(2,19-6-4-3-5-7-19)29-23(34)25-27-20-21(30-31-24(20)36-25)28-22(33)18-10-8-17(9-11-18)16-32-12-14-35-15-13-32/h3-11H,12-16H2,1-2H3,(H,29,34)(H2,28,30,31,33). The third-order valence-electron chi connectivity index (χ3n) is 6.20. The second-order valence-electron chi connectivity index (χ2n) is 9.26. The molecule has 0 saturated carbocycles. The summed E-state index contributed by atoms with van der Waals surface area (Å²) in [7, 11) is 0. The third-order valence-corrected chi connectivity index (χ3v) is 7.14. The maximum atomic E-state index is 12.9. The minimum atomic E-state index is -0.571. The summed E-state index contributed by atoms with van der Waals surface area (Å²) in [4.78, 5) is 33.1. The molecular formula is C26H28N6O3S. The Morgan fingerprint density at radius 1 is 1.06 bits per heavy atom. The van der Waals surface area contributed by atoms with Gasteiger partial charge in [-0.1, -0.05) is 53.8 Å². The topological polar surface area (TPSA) is 112 Å². The minimum Gasteiger partial charge on any atom is -0.379 e. The smallest absolute Gasteiger partial charge is 0.281 e. The SMILES string of the molecule is CC(C)(NC(=O)c1nc2c(NC(=O)c3ccc(CN4CCOCC4)cc3)[nH]nc2s1)c1ccccc1. The summed E-state index contributed by atoms with van der Waals surface area (Å²) < 4.78 is 5.39. The first-order chi connectivity index (χ1) is 17.4. The van der Waals surface area contributed by atoms with E-state index in [1.807, 2.05) is 68.4 Å². The van der Waals surface area contributed by atoms with Crippen LogP contribution in [0.1, 0.15) is 45.1 Å². The van der Waals surface area contributed by atoms with Crippen LogP contribution in [0.3, 0.4) is 0 Å². The summed E-state index contributed by atoms with van der Waals surface area (Å²) in [5.74, 6) is -0.201. The van der Waals surface area contributed by atoms with Gasteiger partial charge in [-0.2, -0.15) is 5.10 Å². The molecule has 2 aromatic heterocycles. The Kier molecular flexibility index (Phi) is 6.82. The van der Waals surface area contributed by atoms with Gasteiger partial charge in [0.2, 0.25) is 0 Å². The summed E-state index contributed by atoms with van der Waals surface area (Å²) in [5, 5.41) is 13.2. The number of fused-ring (bicyclic) bond motifs is 1. The van der Waals surface area contributed by atoms with Crippen molar-refractivity contribution in [3.63, 3.8) is 0 Å². The molecule has 36 heavy (non-hydrogen) atoms. The van der Waals surface area contributed by atoms with Gasteiger partial charge < -0.3 is 15.4 Å². The zero-order valence-corrected chi connectivity index (χ0v) is 21.0. The van der Waals surface area contributed by atoms with Gasteiger partial charge in [-0.3, -0.25) is 19.6 Å². The number of rotatable bonds is 7. The van der Waals surface area contributed by atoms with Crippen molar-refractivity contribution in [2.45, 2.75) is 25.9 Å². The van der Waals surface area contributed by atoms with Crippen molar-refractivity contribution in [2.24, 2.45) is 0 Å². The van der Waals surface area contributed by atoms with Crippen molar-refractivity contribution in [1.82, 2.24) is 25.4 Å². The molecule has 1 aliphatic heterocycles. The number of aromatic nitrogens is 3. The van der Waals surface area contributed by atoms with Crippen LogP contribution < -0.4 is 10.6 Å². The van der Waals surface area contributed by atoms with Gasteiger partial charge in [-0.05, 0) is 37.1 Å². The molecule has 0 spiro atoms. The fourth-order valence-corrected chi connectivity index (χ4v) is 4.92. The molecule has 10 heteroatoms. The van der Waals surface area contributed by atoms with E-state index < -0.39 is 5.54 Å². The van der Waals surface area contributed by atoms with Crippen molar-refractivity contribution in [2.75, 3.05) is 31.6 Å². The number of carbonyl (C=O) groups is 2. The Balaban J connectivity index is 1.25. The number of morpholine rings is 1. The van der Waals surface area contributed by atoms with Crippen molar-refractivity contribution in [3.05, 3.63) is 76.3 Å². The first-order valence-electron chi connectivity index (χ1n) is 11.8. The van der Waals surface area contributed by atoms with E-state index in [1.165, 1.54) is 11.3 Å². The van der Waals surface area contributed by atoms with E-state index in [2.05, 4.69) is 30.7 Å². The van der Waals surface area contributed by atoms with Crippen LogP contribution in [0.15, 0.2) is 54.6 Å². The van der Waals surface area contributed by atoms with Crippen LogP contribution in [0, 0.1) is 0 Å². The molecule has 186 valence electrons. The second-order valence-corrected chi connectivity index (χ2v) is 10.2. The van der Waals surface area contributed by atoms with Crippen LogP contribution >= 0.6 is 11.3 Å². The van der Waals surface area contributed by atoms with Gasteiger partial charge in [-0.15, -0.1) is 0 Å². The number of aromatic amines is 1. The first-order valence-corrected chi connectivity index (χ1v) is 12.6. The maximum Gasteiger partial charge on any atom is 0.281 e. The molecule has 2 amide bonds. The fourth-order valence-electron chi connectivity index (χ4n) is 4.12. The van der Waals surface area contributed by atoms with E-state index in [9.17, 15) is 9.59 Å². The van der Waals surface area contributed by atoms with Gasteiger partial charge in [-0.25, -0.2) is 4.98 Å². The highest BCUT2D eigenvalue weighted by Crippen LogP contribution is 2.27. The summed E-state index contributed by atoms with van der Waals surface area (Å²) in [6, 6.07) is 17.3. The minimum absolute atomic E-state index is 0.275. The van der Waals surface area contributed by atoms with Crippen LogP contribution in [0.2, 0.25) is 0 Å². The van der Waals surface area contributed by atoms with Crippen LogP contribution in [0.25, 0.3) is 10.3 Å². The van der Waals surface area contributed by atoms with E-state index in [-0.39, 0.29) is 16.8 Å². The molecule has 3 N–H and O–H groups in total. The van der Waals surface area contributed by atoms with Gasteiger partial charge >= 0.3 is 0 Å². The Bertz CT molecular complexity index is 1360. The summed E-state index contributed by atoms with van der Waals surface area (Å²) in [5.41, 5.74) is 2.55. The number of hydrogen-bond acceptors (Lipinski definition) is 7. The Hall–Kier alpha value is -3.60. The lowest BCUT2D eigenvalue weighted by Crippen LogP contribution is -2.40. The third kappa shape index (κ3) is 5.30.